The average molecular weight is 416 g/mol. The first-order chi connectivity index (χ1) is 14.0. The quantitative estimate of drug-likeness (QED) is 0.391. The second-order valence-electron chi connectivity index (χ2n) is 5.44. The van der Waals surface area contributed by atoms with Crippen LogP contribution in [0, 0.1) is 10.1 Å². The zero-order chi connectivity index (χ0) is 20.8. The van der Waals surface area contributed by atoms with Crippen molar-refractivity contribution in [2.45, 2.75) is 0 Å². The standard InChI is InChI=1S/C17H14ClN7O4/c1-29-13-6-5-10(18)8-12(13)22-15-14(25(27)28)16(21-9-20-15)23-24-17(26)11-4-2-3-7-19-11/h2-9H,1H3,(H,24,26)(H2,20,21,22,23). The Morgan fingerprint density at radius 3 is 2.66 bits per heavy atom. The van der Waals surface area contributed by atoms with Crippen LogP contribution in [0.3, 0.4) is 0 Å². The highest BCUT2D eigenvalue weighted by molar-refractivity contribution is 6.31. The number of ether oxygens (including phenoxy) is 1. The zero-order valence-corrected chi connectivity index (χ0v) is 15.7. The normalized spacial score (nSPS) is 10.1. The molecule has 29 heavy (non-hydrogen) atoms. The number of rotatable bonds is 7. The molecule has 3 N–H and O–H groups in total. The van der Waals surface area contributed by atoms with Gasteiger partial charge in [-0.3, -0.25) is 30.7 Å². The van der Waals surface area contributed by atoms with Crippen LogP contribution in [0.25, 0.3) is 0 Å². The maximum atomic E-state index is 12.1. The molecule has 0 aliphatic heterocycles. The van der Waals surface area contributed by atoms with Crippen molar-refractivity contribution in [1.82, 2.24) is 20.4 Å². The van der Waals surface area contributed by atoms with E-state index in [9.17, 15) is 14.9 Å². The molecule has 0 spiro atoms. The van der Waals surface area contributed by atoms with Crippen LogP contribution in [-0.4, -0.2) is 32.9 Å². The smallest absolute Gasteiger partial charge is 0.355 e. The first-order valence-corrected chi connectivity index (χ1v) is 8.44. The van der Waals surface area contributed by atoms with Gasteiger partial charge in [0.05, 0.1) is 17.7 Å². The Morgan fingerprint density at radius 2 is 1.97 bits per heavy atom. The lowest BCUT2D eigenvalue weighted by molar-refractivity contribution is -0.383. The van der Waals surface area contributed by atoms with Crippen LogP contribution in [0.4, 0.5) is 23.0 Å². The molecule has 148 valence electrons. The molecule has 0 radical (unpaired) electrons. The second kappa shape index (κ2) is 8.80. The Balaban J connectivity index is 1.88. The van der Waals surface area contributed by atoms with Gasteiger partial charge in [0, 0.05) is 11.2 Å². The summed E-state index contributed by atoms with van der Waals surface area (Å²) in [6, 6.07) is 9.52. The van der Waals surface area contributed by atoms with Gasteiger partial charge in [-0.2, -0.15) is 0 Å². The predicted molar refractivity (Wildman–Crippen MR) is 105 cm³/mol. The number of halogens is 1. The van der Waals surface area contributed by atoms with Crippen LogP contribution in [0.15, 0.2) is 48.9 Å². The van der Waals surface area contributed by atoms with Crippen molar-refractivity contribution in [3.63, 3.8) is 0 Å². The molecule has 3 aromatic rings. The van der Waals surface area contributed by atoms with Crippen molar-refractivity contribution < 1.29 is 14.5 Å². The van der Waals surface area contributed by atoms with E-state index in [4.69, 9.17) is 16.3 Å². The third-order valence-electron chi connectivity index (χ3n) is 3.61. The van der Waals surface area contributed by atoms with Crippen molar-refractivity contribution in [3.8, 4) is 5.75 Å². The van der Waals surface area contributed by atoms with Crippen molar-refractivity contribution in [2.24, 2.45) is 0 Å². The lowest BCUT2D eigenvalue weighted by Gasteiger charge is -2.13. The van der Waals surface area contributed by atoms with Gasteiger partial charge in [-0.25, -0.2) is 9.97 Å². The molecule has 11 nitrogen and oxygen atoms in total. The Bertz CT molecular complexity index is 1050. The van der Waals surface area contributed by atoms with Crippen molar-refractivity contribution in [3.05, 3.63) is 69.8 Å². The molecule has 1 amide bonds. The molecule has 0 fully saturated rings. The van der Waals surface area contributed by atoms with Crippen molar-refractivity contribution >= 4 is 40.5 Å². The Hall–Kier alpha value is -3.99. The second-order valence-corrected chi connectivity index (χ2v) is 5.88. The monoisotopic (exact) mass is 415 g/mol. The summed E-state index contributed by atoms with van der Waals surface area (Å²) in [5, 5.41) is 14.8. The van der Waals surface area contributed by atoms with Gasteiger partial charge in [-0.05, 0) is 30.3 Å². The highest BCUT2D eigenvalue weighted by Crippen LogP contribution is 2.35. The fraction of sp³-hybridized carbons (Fsp3) is 0.0588. The maximum Gasteiger partial charge on any atom is 0.355 e. The third-order valence-corrected chi connectivity index (χ3v) is 3.85. The van der Waals surface area contributed by atoms with E-state index in [1.54, 1.807) is 24.3 Å². The summed E-state index contributed by atoms with van der Waals surface area (Å²) in [7, 11) is 1.45. The van der Waals surface area contributed by atoms with E-state index in [2.05, 4.69) is 31.1 Å². The molecule has 1 aromatic carbocycles. The number of nitrogens with zero attached hydrogens (tertiary/aromatic N) is 4. The van der Waals surface area contributed by atoms with Gasteiger partial charge in [-0.1, -0.05) is 17.7 Å². The minimum Gasteiger partial charge on any atom is -0.495 e. The molecule has 0 bridgehead atoms. The number of anilines is 3. The van der Waals surface area contributed by atoms with Crippen molar-refractivity contribution in [1.29, 1.82) is 0 Å². The van der Waals surface area contributed by atoms with E-state index in [1.807, 2.05) is 0 Å². The first-order valence-electron chi connectivity index (χ1n) is 8.07. The molecule has 0 aliphatic carbocycles. The number of amides is 1. The number of aromatic nitrogens is 3. The molecular weight excluding hydrogens is 402 g/mol. The van der Waals surface area contributed by atoms with E-state index >= 15 is 0 Å². The van der Waals surface area contributed by atoms with Gasteiger partial charge < -0.3 is 10.1 Å². The number of nitro groups is 1. The summed E-state index contributed by atoms with van der Waals surface area (Å²) in [5.41, 5.74) is 4.74. The van der Waals surface area contributed by atoms with Crippen LogP contribution in [0.1, 0.15) is 10.5 Å². The highest BCUT2D eigenvalue weighted by Gasteiger charge is 2.24. The summed E-state index contributed by atoms with van der Waals surface area (Å²) in [6.45, 7) is 0. The minimum absolute atomic E-state index is 0.124. The van der Waals surface area contributed by atoms with Crippen LogP contribution < -0.4 is 20.9 Å². The Kier molecular flexibility index (Phi) is 6.00. The zero-order valence-electron chi connectivity index (χ0n) is 14.9. The number of carbonyl (C=O) groups excluding carboxylic acids is 1. The third kappa shape index (κ3) is 4.65. The highest BCUT2D eigenvalue weighted by atomic mass is 35.5. The largest absolute Gasteiger partial charge is 0.495 e. The number of hydrazine groups is 1. The Morgan fingerprint density at radius 1 is 1.17 bits per heavy atom. The molecule has 0 aliphatic rings. The van der Waals surface area contributed by atoms with Gasteiger partial charge in [-0.15, -0.1) is 0 Å². The lowest BCUT2D eigenvalue weighted by Crippen LogP contribution is -2.31. The lowest BCUT2D eigenvalue weighted by atomic mass is 10.3. The van der Waals surface area contributed by atoms with Gasteiger partial charge in [0.1, 0.15) is 17.8 Å². The van der Waals surface area contributed by atoms with E-state index in [0.717, 1.165) is 6.33 Å². The van der Waals surface area contributed by atoms with Crippen LogP contribution in [0.5, 0.6) is 5.75 Å². The number of hydrogen-bond donors (Lipinski definition) is 3. The number of carbonyl (C=O) groups is 1. The molecular formula is C17H14ClN7O4. The van der Waals surface area contributed by atoms with Gasteiger partial charge >= 0.3 is 5.69 Å². The van der Waals surface area contributed by atoms with Crippen LogP contribution in [0.2, 0.25) is 5.02 Å². The summed E-state index contributed by atoms with van der Waals surface area (Å²) in [5.74, 6) is -0.539. The first kappa shape index (κ1) is 19.8. The number of methoxy groups -OCH3 is 1. The molecule has 2 heterocycles. The van der Waals surface area contributed by atoms with Gasteiger partial charge in [0.15, 0.2) is 0 Å². The van der Waals surface area contributed by atoms with Crippen molar-refractivity contribution in [2.75, 3.05) is 17.9 Å². The van der Waals surface area contributed by atoms with E-state index < -0.39 is 16.5 Å². The summed E-state index contributed by atoms with van der Waals surface area (Å²) in [4.78, 5) is 34.7. The fourth-order valence-corrected chi connectivity index (χ4v) is 2.49. The molecule has 12 heteroatoms. The van der Waals surface area contributed by atoms with E-state index in [0.29, 0.717) is 16.5 Å². The number of nitrogens with one attached hydrogen (secondary N) is 3. The molecule has 0 atom stereocenters. The molecule has 0 unspecified atom stereocenters. The van der Waals surface area contributed by atoms with Crippen LogP contribution >= 0.6 is 11.6 Å². The van der Waals surface area contributed by atoms with Gasteiger partial charge in [0.2, 0.25) is 11.6 Å². The topological polar surface area (TPSA) is 144 Å². The predicted octanol–water partition coefficient (Wildman–Crippen LogP) is 2.94. The number of pyridine rings is 1. The average Bonchev–Trinajstić information content (AvgIpc) is 2.72. The number of hydrogen-bond acceptors (Lipinski definition) is 9. The summed E-state index contributed by atoms with van der Waals surface area (Å²) in [6.07, 6.45) is 2.55. The van der Waals surface area contributed by atoms with E-state index in [1.165, 1.54) is 25.4 Å². The summed E-state index contributed by atoms with van der Waals surface area (Å²) >= 11 is 5.99. The Labute approximate surface area is 169 Å². The van der Waals surface area contributed by atoms with Crippen LogP contribution in [-0.2, 0) is 0 Å². The minimum atomic E-state index is -0.686. The fourth-order valence-electron chi connectivity index (χ4n) is 2.32. The molecule has 0 saturated carbocycles. The van der Waals surface area contributed by atoms with E-state index in [-0.39, 0.29) is 17.3 Å². The number of benzene rings is 1. The summed E-state index contributed by atoms with van der Waals surface area (Å²) < 4.78 is 5.22. The molecule has 2 aromatic heterocycles. The SMILES string of the molecule is COc1ccc(Cl)cc1Nc1ncnc(NNC(=O)c2ccccn2)c1[N+](=O)[O-]. The molecule has 0 saturated heterocycles. The molecule has 3 rings (SSSR count). The van der Waals surface area contributed by atoms with Gasteiger partial charge in [0.25, 0.3) is 5.91 Å². The maximum absolute atomic E-state index is 12.1.